The molecule has 5 heteroatoms. The van der Waals surface area contributed by atoms with E-state index in [1.165, 1.54) is 13.8 Å². The monoisotopic (exact) mass is 178 g/mol. The molecular formula is C7H14O5. The van der Waals surface area contributed by atoms with Gasteiger partial charge in [0.1, 0.15) is 6.10 Å². The Bertz CT molecular complexity index is 165. The van der Waals surface area contributed by atoms with Crippen LogP contribution in [0.25, 0.3) is 0 Å². The molecule has 0 amide bonds. The molecule has 0 spiro atoms. The summed E-state index contributed by atoms with van der Waals surface area (Å²) in [6.07, 6.45) is -2.89. The molecule has 12 heavy (non-hydrogen) atoms. The fourth-order valence-corrected chi connectivity index (χ4v) is 0.707. The molecule has 2 unspecified atom stereocenters. The van der Waals surface area contributed by atoms with Gasteiger partial charge in [0.2, 0.25) is 0 Å². The van der Waals surface area contributed by atoms with E-state index < -0.39 is 30.2 Å². The van der Waals surface area contributed by atoms with Gasteiger partial charge in [-0.25, -0.2) is 0 Å². The first-order chi connectivity index (χ1) is 5.34. The lowest BCUT2D eigenvalue weighted by atomic mass is 9.84. The summed E-state index contributed by atoms with van der Waals surface area (Å²) >= 11 is 0. The Hall–Kier alpha value is -0.650. The van der Waals surface area contributed by atoms with E-state index >= 15 is 0 Å². The topological polar surface area (TPSA) is 98.0 Å². The Labute approximate surface area is 70.3 Å². The van der Waals surface area contributed by atoms with Crippen LogP contribution in [-0.2, 0) is 4.79 Å². The standard InChI is InChI=1S/C7H14O5/c1-7(2,6(11)12)5(10)4(9)3-8/h4-5,8-10H,3H2,1-2H3,(H,11,12). The van der Waals surface area contributed by atoms with Crippen molar-refractivity contribution in [3.63, 3.8) is 0 Å². The zero-order valence-electron chi connectivity index (χ0n) is 7.06. The van der Waals surface area contributed by atoms with Crippen molar-refractivity contribution in [1.29, 1.82) is 0 Å². The summed E-state index contributed by atoms with van der Waals surface area (Å²) in [5, 5.41) is 35.2. The Morgan fingerprint density at radius 1 is 1.42 bits per heavy atom. The van der Waals surface area contributed by atoms with Crippen molar-refractivity contribution >= 4 is 5.97 Å². The number of aliphatic carboxylic acids is 1. The number of carboxylic acids is 1. The summed E-state index contributed by atoms with van der Waals surface area (Å²) in [6, 6.07) is 0. The number of carboxylic acid groups (broad SMARTS) is 1. The fraction of sp³-hybridized carbons (Fsp3) is 0.857. The van der Waals surface area contributed by atoms with E-state index in [4.69, 9.17) is 15.3 Å². The van der Waals surface area contributed by atoms with Crippen LogP contribution in [0, 0.1) is 5.41 Å². The van der Waals surface area contributed by atoms with Gasteiger partial charge in [-0.2, -0.15) is 0 Å². The van der Waals surface area contributed by atoms with Crippen LogP contribution in [0.2, 0.25) is 0 Å². The molecule has 0 saturated carbocycles. The van der Waals surface area contributed by atoms with E-state index in [0.717, 1.165) is 0 Å². The summed E-state index contributed by atoms with van der Waals surface area (Å²) in [6.45, 7) is 1.90. The SMILES string of the molecule is CC(C)(C(=O)O)C(O)C(O)CO. The van der Waals surface area contributed by atoms with Crippen LogP contribution >= 0.6 is 0 Å². The minimum Gasteiger partial charge on any atom is -0.481 e. The van der Waals surface area contributed by atoms with Crippen LogP contribution in [0.1, 0.15) is 13.8 Å². The molecule has 0 aromatic rings. The second kappa shape index (κ2) is 3.84. The molecule has 0 aromatic carbocycles. The largest absolute Gasteiger partial charge is 0.481 e. The quantitative estimate of drug-likeness (QED) is 0.434. The summed E-state index contributed by atoms with van der Waals surface area (Å²) in [5.41, 5.74) is -1.46. The third kappa shape index (κ3) is 2.17. The number of aliphatic hydroxyl groups excluding tert-OH is 3. The van der Waals surface area contributed by atoms with Gasteiger partial charge in [0, 0.05) is 0 Å². The van der Waals surface area contributed by atoms with E-state index in [1.807, 2.05) is 0 Å². The Morgan fingerprint density at radius 3 is 2.08 bits per heavy atom. The van der Waals surface area contributed by atoms with Crippen molar-refractivity contribution in [2.24, 2.45) is 5.41 Å². The Morgan fingerprint density at radius 2 is 1.83 bits per heavy atom. The highest BCUT2D eigenvalue weighted by atomic mass is 16.4. The van der Waals surface area contributed by atoms with Crippen molar-refractivity contribution in [1.82, 2.24) is 0 Å². The van der Waals surface area contributed by atoms with Crippen molar-refractivity contribution in [3.8, 4) is 0 Å². The first kappa shape index (κ1) is 11.4. The smallest absolute Gasteiger partial charge is 0.311 e. The number of hydrogen-bond donors (Lipinski definition) is 4. The van der Waals surface area contributed by atoms with Crippen LogP contribution in [0.4, 0.5) is 0 Å². The molecule has 0 bridgehead atoms. The highest BCUT2D eigenvalue weighted by Crippen LogP contribution is 2.23. The maximum atomic E-state index is 10.5. The van der Waals surface area contributed by atoms with Crippen molar-refractivity contribution in [3.05, 3.63) is 0 Å². The number of rotatable bonds is 4. The molecule has 0 rings (SSSR count). The Balaban J connectivity index is 4.44. The lowest BCUT2D eigenvalue weighted by Gasteiger charge is -2.28. The van der Waals surface area contributed by atoms with E-state index in [0.29, 0.717) is 0 Å². The average Bonchev–Trinajstić information content (AvgIpc) is 2.01. The molecule has 0 aromatic heterocycles. The van der Waals surface area contributed by atoms with Gasteiger partial charge in [-0.15, -0.1) is 0 Å². The molecule has 0 aliphatic carbocycles. The van der Waals surface area contributed by atoms with Crippen LogP contribution < -0.4 is 0 Å². The second-order valence-electron chi connectivity index (χ2n) is 3.22. The first-order valence-corrected chi connectivity index (χ1v) is 3.54. The zero-order valence-corrected chi connectivity index (χ0v) is 7.06. The predicted molar refractivity (Wildman–Crippen MR) is 40.5 cm³/mol. The molecular weight excluding hydrogens is 164 g/mol. The van der Waals surface area contributed by atoms with E-state index in [-0.39, 0.29) is 0 Å². The lowest BCUT2D eigenvalue weighted by Crippen LogP contribution is -2.46. The van der Waals surface area contributed by atoms with E-state index in [1.54, 1.807) is 0 Å². The molecule has 2 atom stereocenters. The van der Waals surface area contributed by atoms with Gasteiger partial charge in [-0.3, -0.25) is 4.79 Å². The maximum absolute atomic E-state index is 10.5. The van der Waals surface area contributed by atoms with Gasteiger partial charge in [0.25, 0.3) is 0 Å². The molecule has 0 fully saturated rings. The molecule has 0 saturated heterocycles. The molecule has 0 aliphatic rings. The highest BCUT2D eigenvalue weighted by Gasteiger charge is 2.39. The number of hydrogen-bond acceptors (Lipinski definition) is 4. The summed E-state index contributed by atoms with van der Waals surface area (Å²) in [5.74, 6) is -1.22. The van der Waals surface area contributed by atoms with Crippen LogP contribution in [0.15, 0.2) is 0 Å². The van der Waals surface area contributed by atoms with Crippen molar-refractivity contribution in [2.45, 2.75) is 26.1 Å². The third-order valence-electron chi connectivity index (χ3n) is 1.84. The second-order valence-corrected chi connectivity index (χ2v) is 3.22. The molecule has 5 nitrogen and oxygen atoms in total. The molecule has 4 N–H and O–H groups in total. The normalized spacial score (nSPS) is 17.1. The minimum atomic E-state index is -1.47. The summed E-state index contributed by atoms with van der Waals surface area (Å²) in [4.78, 5) is 10.5. The van der Waals surface area contributed by atoms with Crippen molar-refractivity contribution < 1.29 is 25.2 Å². The molecule has 0 aliphatic heterocycles. The van der Waals surface area contributed by atoms with Gasteiger partial charge in [0.15, 0.2) is 0 Å². The molecule has 0 radical (unpaired) electrons. The zero-order chi connectivity index (χ0) is 9.94. The predicted octanol–water partition coefficient (Wildman–Crippen LogP) is -1.19. The first-order valence-electron chi connectivity index (χ1n) is 3.54. The van der Waals surface area contributed by atoms with Gasteiger partial charge in [-0.1, -0.05) is 0 Å². The van der Waals surface area contributed by atoms with E-state index in [2.05, 4.69) is 0 Å². The highest BCUT2D eigenvalue weighted by molar-refractivity contribution is 5.74. The molecule has 0 heterocycles. The van der Waals surface area contributed by atoms with Crippen molar-refractivity contribution in [2.75, 3.05) is 6.61 Å². The van der Waals surface area contributed by atoms with E-state index in [9.17, 15) is 9.90 Å². The Kier molecular flexibility index (Phi) is 3.63. The van der Waals surface area contributed by atoms with Gasteiger partial charge in [0.05, 0.1) is 18.1 Å². The van der Waals surface area contributed by atoms with Gasteiger partial charge < -0.3 is 20.4 Å². The van der Waals surface area contributed by atoms with Crippen LogP contribution in [0.3, 0.4) is 0 Å². The molecule has 72 valence electrons. The third-order valence-corrected chi connectivity index (χ3v) is 1.84. The van der Waals surface area contributed by atoms with Crippen LogP contribution in [0.5, 0.6) is 0 Å². The average molecular weight is 178 g/mol. The van der Waals surface area contributed by atoms with Gasteiger partial charge >= 0.3 is 5.97 Å². The van der Waals surface area contributed by atoms with Gasteiger partial charge in [-0.05, 0) is 13.8 Å². The fourth-order valence-electron chi connectivity index (χ4n) is 0.707. The number of carbonyl (C=O) groups is 1. The van der Waals surface area contributed by atoms with Crippen LogP contribution in [-0.4, -0.2) is 45.2 Å². The lowest BCUT2D eigenvalue weighted by molar-refractivity contribution is -0.160. The summed E-state index contributed by atoms with van der Waals surface area (Å²) in [7, 11) is 0. The number of aliphatic hydroxyl groups is 3. The summed E-state index contributed by atoms with van der Waals surface area (Å²) < 4.78 is 0. The maximum Gasteiger partial charge on any atom is 0.311 e. The minimum absolute atomic E-state index is 0.655.